The van der Waals surface area contributed by atoms with Crippen molar-refractivity contribution in [1.82, 2.24) is 10.0 Å². The Morgan fingerprint density at radius 1 is 1.28 bits per heavy atom. The molecule has 0 aliphatic heterocycles. The summed E-state index contributed by atoms with van der Waals surface area (Å²) in [6.07, 6.45) is 2.51. The molecule has 6 heteroatoms. The third-order valence-electron chi connectivity index (χ3n) is 2.94. The van der Waals surface area contributed by atoms with Gasteiger partial charge in [0.25, 0.3) is 0 Å². The molecule has 108 valence electrons. The van der Waals surface area contributed by atoms with Gasteiger partial charge in [0.1, 0.15) is 0 Å². The van der Waals surface area contributed by atoms with E-state index in [0.717, 1.165) is 12.5 Å². The van der Waals surface area contributed by atoms with Crippen molar-refractivity contribution in [2.75, 3.05) is 26.3 Å². The smallest absolute Gasteiger partial charge is 0.215 e. The van der Waals surface area contributed by atoms with Crippen molar-refractivity contribution in [3.8, 4) is 0 Å². The summed E-state index contributed by atoms with van der Waals surface area (Å²) < 4.78 is 31.7. The molecular weight excluding hydrogens is 252 g/mol. The highest BCUT2D eigenvalue weighted by atomic mass is 32.2. The van der Waals surface area contributed by atoms with Crippen LogP contribution in [0.2, 0.25) is 0 Å². The highest BCUT2D eigenvalue weighted by Crippen LogP contribution is 2.28. The number of sulfonamides is 1. The summed E-state index contributed by atoms with van der Waals surface area (Å²) in [4.78, 5) is 0. The van der Waals surface area contributed by atoms with Crippen LogP contribution in [-0.4, -0.2) is 46.0 Å². The third kappa shape index (κ3) is 6.68. The Bertz CT molecular complexity index is 326. The number of nitrogens with one attached hydrogen (secondary N) is 2. The lowest BCUT2D eigenvalue weighted by Crippen LogP contribution is -2.41. The van der Waals surface area contributed by atoms with E-state index < -0.39 is 15.3 Å². The van der Waals surface area contributed by atoms with Gasteiger partial charge in [-0.25, -0.2) is 13.1 Å². The highest BCUT2D eigenvalue weighted by molar-refractivity contribution is 7.90. The molecule has 0 amide bonds. The Labute approximate surface area is 111 Å². The summed E-state index contributed by atoms with van der Waals surface area (Å²) in [5, 5.41) is 2.70. The zero-order valence-electron chi connectivity index (χ0n) is 11.6. The van der Waals surface area contributed by atoms with Crippen molar-refractivity contribution in [2.45, 2.75) is 44.9 Å². The minimum Gasteiger partial charge on any atom is -0.380 e. The fourth-order valence-corrected chi connectivity index (χ4v) is 2.41. The van der Waals surface area contributed by atoms with Crippen molar-refractivity contribution in [3.63, 3.8) is 0 Å². The van der Waals surface area contributed by atoms with Crippen LogP contribution in [0.5, 0.6) is 0 Å². The molecular formula is C12H26N2O3S. The first-order valence-corrected chi connectivity index (χ1v) is 8.26. The van der Waals surface area contributed by atoms with Crippen LogP contribution in [0, 0.1) is 5.92 Å². The van der Waals surface area contributed by atoms with Gasteiger partial charge in [-0.15, -0.1) is 0 Å². The average molecular weight is 278 g/mol. The normalized spacial score (nSPS) is 18.2. The fourth-order valence-electron chi connectivity index (χ4n) is 1.44. The highest BCUT2D eigenvalue weighted by Gasteiger charge is 2.22. The predicted molar refractivity (Wildman–Crippen MR) is 73.1 cm³/mol. The minimum atomic E-state index is -3.23. The second-order valence-corrected chi connectivity index (χ2v) is 7.51. The topological polar surface area (TPSA) is 67.4 Å². The maximum Gasteiger partial charge on any atom is 0.215 e. The minimum absolute atomic E-state index is 0.296. The molecule has 0 aromatic rings. The number of hydrogen-bond acceptors (Lipinski definition) is 4. The largest absolute Gasteiger partial charge is 0.380 e. The van der Waals surface area contributed by atoms with Gasteiger partial charge >= 0.3 is 0 Å². The van der Waals surface area contributed by atoms with E-state index in [1.807, 2.05) is 13.8 Å². The molecule has 1 aliphatic rings. The molecule has 0 saturated heterocycles. The van der Waals surface area contributed by atoms with Gasteiger partial charge in [-0.2, -0.15) is 0 Å². The lowest BCUT2D eigenvalue weighted by atomic mass is 10.3. The van der Waals surface area contributed by atoms with Gasteiger partial charge in [0.2, 0.25) is 10.0 Å². The molecule has 18 heavy (non-hydrogen) atoms. The predicted octanol–water partition coefficient (Wildman–Crippen LogP) is 0.719. The summed E-state index contributed by atoms with van der Waals surface area (Å²) in [5.41, 5.74) is 0. The van der Waals surface area contributed by atoms with Crippen molar-refractivity contribution >= 4 is 10.0 Å². The molecule has 1 aliphatic carbocycles. The van der Waals surface area contributed by atoms with E-state index in [2.05, 4.69) is 10.0 Å². The quantitative estimate of drug-likeness (QED) is 0.578. The van der Waals surface area contributed by atoms with Crippen LogP contribution in [0.25, 0.3) is 0 Å². The van der Waals surface area contributed by atoms with E-state index in [4.69, 9.17) is 4.74 Å². The first-order chi connectivity index (χ1) is 8.42. The lowest BCUT2D eigenvalue weighted by molar-refractivity contribution is 0.129. The van der Waals surface area contributed by atoms with Gasteiger partial charge < -0.3 is 10.1 Å². The molecule has 0 radical (unpaired) electrons. The van der Waals surface area contributed by atoms with Crippen LogP contribution in [0.4, 0.5) is 0 Å². The molecule has 0 aromatic carbocycles. The second-order valence-electron chi connectivity index (χ2n) is 5.33. The van der Waals surface area contributed by atoms with Crippen molar-refractivity contribution in [3.05, 3.63) is 0 Å². The van der Waals surface area contributed by atoms with Crippen molar-refractivity contribution in [1.29, 1.82) is 0 Å². The lowest BCUT2D eigenvalue weighted by Gasteiger charge is -2.16. The monoisotopic (exact) mass is 278 g/mol. The van der Waals surface area contributed by atoms with E-state index in [1.165, 1.54) is 12.8 Å². The number of ether oxygens (including phenoxy) is 1. The number of rotatable bonds is 10. The first kappa shape index (κ1) is 15.9. The summed E-state index contributed by atoms with van der Waals surface area (Å²) in [6, 6.07) is 0.296. The van der Waals surface area contributed by atoms with Gasteiger partial charge in [0.05, 0.1) is 11.9 Å². The first-order valence-electron chi connectivity index (χ1n) is 6.71. The summed E-state index contributed by atoms with van der Waals surface area (Å²) in [7, 11) is -3.23. The van der Waals surface area contributed by atoms with Crippen LogP contribution in [0.3, 0.4) is 0 Å². The molecule has 0 bridgehead atoms. The SMILES string of the molecule is CC(C)NCC(C)S(=O)(=O)NCCOCC1CC1. The Balaban J connectivity index is 2.12. The molecule has 0 spiro atoms. The van der Waals surface area contributed by atoms with Crippen molar-refractivity contribution in [2.24, 2.45) is 5.92 Å². The van der Waals surface area contributed by atoms with Gasteiger partial charge in [0.15, 0.2) is 0 Å². The van der Waals surface area contributed by atoms with Gasteiger partial charge in [0, 0.05) is 25.7 Å². The molecule has 5 nitrogen and oxygen atoms in total. The molecule has 1 saturated carbocycles. The van der Waals surface area contributed by atoms with Gasteiger partial charge in [-0.3, -0.25) is 0 Å². The Hall–Kier alpha value is -0.170. The summed E-state index contributed by atoms with van der Waals surface area (Å²) >= 11 is 0. The molecule has 1 rings (SSSR count). The zero-order chi connectivity index (χ0) is 13.6. The molecule has 0 aromatic heterocycles. The van der Waals surface area contributed by atoms with Crippen molar-refractivity contribution < 1.29 is 13.2 Å². The summed E-state index contributed by atoms with van der Waals surface area (Å²) in [5.74, 6) is 0.718. The van der Waals surface area contributed by atoms with Gasteiger partial charge in [-0.05, 0) is 25.7 Å². The van der Waals surface area contributed by atoms with E-state index >= 15 is 0 Å². The van der Waals surface area contributed by atoms with Gasteiger partial charge in [-0.1, -0.05) is 13.8 Å². The Morgan fingerprint density at radius 3 is 2.50 bits per heavy atom. The van der Waals surface area contributed by atoms with Crippen LogP contribution in [0.15, 0.2) is 0 Å². The number of hydrogen-bond donors (Lipinski definition) is 2. The molecule has 2 N–H and O–H groups in total. The van der Waals surface area contributed by atoms with Crippen LogP contribution >= 0.6 is 0 Å². The second kappa shape index (κ2) is 7.43. The van der Waals surface area contributed by atoms with Crippen LogP contribution < -0.4 is 10.0 Å². The van der Waals surface area contributed by atoms with E-state index in [9.17, 15) is 8.42 Å². The maximum atomic E-state index is 11.8. The Kier molecular flexibility index (Phi) is 6.55. The maximum absolute atomic E-state index is 11.8. The fraction of sp³-hybridized carbons (Fsp3) is 1.00. The van der Waals surface area contributed by atoms with Crippen LogP contribution in [-0.2, 0) is 14.8 Å². The van der Waals surface area contributed by atoms with Crippen LogP contribution in [0.1, 0.15) is 33.6 Å². The standard InChI is InChI=1S/C12H26N2O3S/c1-10(2)13-8-11(3)18(15,16)14-6-7-17-9-12-4-5-12/h10-14H,4-9H2,1-3H3. The third-order valence-corrected chi connectivity index (χ3v) is 4.78. The summed E-state index contributed by atoms with van der Waals surface area (Å²) in [6.45, 7) is 7.77. The van der Waals surface area contributed by atoms with E-state index in [-0.39, 0.29) is 0 Å². The van der Waals surface area contributed by atoms with E-state index in [1.54, 1.807) is 6.92 Å². The molecule has 0 heterocycles. The molecule has 1 unspecified atom stereocenters. The Morgan fingerprint density at radius 2 is 1.94 bits per heavy atom. The molecule has 1 atom stereocenters. The zero-order valence-corrected chi connectivity index (χ0v) is 12.4. The molecule has 1 fully saturated rings. The van der Waals surface area contributed by atoms with E-state index in [0.29, 0.717) is 25.7 Å². The average Bonchev–Trinajstić information content (AvgIpc) is 3.09.